The predicted molar refractivity (Wildman–Crippen MR) is 102 cm³/mol. The molecule has 0 radical (unpaired) electrons. The molecule has 0 saturated carbocycles. The van der Waals surface area contributed by atoms with Crippen molar-refractivity contribution in [1.29, 1.82) is 0 Å². The number of hydrogen-bond donors (Lipinski definition) is 2. The molecule has 0 aliphatic rings. The summed E-state index contributed by atoms with van der Waals surface area (Å²) in [7, 11) is -3.94. The predicted octanol–water partition coefficient (Wildman–Crippen LogP) is 3.90. The first kappa shape index (κ1) is 18.6. The van der Waals surface area contributed by atoms with E-state index in [2.05, 4.69) is 20.2 Å². The van der Waals surface area contributed by atoms with Gasteiger partial charge in [-0.1, -0.05) is 46.7 Å². The van der Waals surface area contributed by atoms with Crippen LogP contribution < -0.4 is 10.0 Å². The highest BCUT2D eigenvalue weighted by molar-refractivity contribution is 7.94. The van der Waals surface area contributed by atoms with Crippen LogP contribution in [0.3, 0.4) is 0 Å². The van der Waals surface area contributed by atoms with Crippen LogP contribution in [-0.4, -0.2) is 24.5 Å². The summed E-state index contributed by atoms with van der Waals surface area (Å²) in [6, 6.07) is 12.6. The molecule has 2 aromatic carbocycles. The number of nitrogens with zero attached hydrogens (tertiary/aromatic N) is 2. The maximum atomic E-state index is 12.3. The number of sulfonamides is 1. The highest BCUT2D eigenvalue weighted by Crippen LogP contribution is 2.24. The van der Waals surface area contributed by atoms with E-state index < -0.39 is 15.9 Å². The van der Waals surface area contributed by atoms with E-state index in [1.54, 1.807) is 36.4 Å². The molecule has 0 bridgehead atoms. The van der Waals surface area contributed by atoms with Crippen LogP contribution in [0.1, 0.15) is 10.4 Å². The van der Waals surface area contributed by atoms with Crippen LogP contribution in [0.15, 0.2) is 52.9 Å². The van der Waals surface area contributed by atoms with Gasteiger partial charge in [-0.15, -0.1) is 10.2 Å². The Kier molecular flexibility index (Phi) is 5.42. The molecule has 0 unspecified atom stereocenters. The third kappa shape index (κ3) is 4.31. The zero-order chi connectivity index (χ0) is 18.7. The first-order valence-electron chi connectivity index (χ1n) is 7.03. The molecule has 134 valence electrons. The number of aromatic nitrogens is 2. The van der Waals surface area contributed by atoms with Gasteiger partial charge in [0.05, 0.1) is 10.6 Å². The maximum Gasteiger partial charge on any atom is 0.291 e. The Morgan fingerprint density at radius 1 is 1.00 bits per heavy atom. The van der Waals surface area contributed by atoms with Gasteiger partial charge >= 0.3 is 0 Å². The van der Waals surface area contributed by atoms with Gasteiger partial charge in [0, 0.05) is 10.7 Å². The molecule has 0 aliphatic carbocycles. The molecule has 26 heavy (non-hydrogen) atoms. The second-order valence-corrected chi connectivity index (χ2v) is 8.60. The summed E-state index contributed by atoms with van der Waals surface area (Å²) in [5.41, 5.74) is 0.569. The fourth-order valence-electron chi connectivity index (χ4n) is 1.90. The zero-order valence-corrected chi connectivity index (χ0v) is 16.0. The summed E-state index contributed by atoms with van der Waals surface area (Å²) in [4.78, 5) is 12.2. The summed E-state index contributed by atoms with van der Waals surface area (Å²) in [5.74, 6) is -0.513. The van der Waals surface area contributed by atoms with Crippen LogP contribution in [0.5, 0.6) is 0 Å². The van der Waals surface area contributed by atoms with E-state index in [-0.39, 0.29) is 20.1 Å². The maximum absolute atomic E-state index is 12.3. The number of anilines is 2. The van der Waals surface area contributed by atoms with Gasteiger partial charge in [-0.25, -0.2) is 0 Å². The van der Waals surface area contributed by atoms with Crippen molar-refractivity contribution in [1.82, 2.24) is 10.2 Å². The van der Waals surface area contributed by atoms with Crippen molar-refractivity contribution in [2.24, 2.45) is 0 Å². The molecule has 0 spiro atoms. The molecule has 1 amide bonds. The molecule has 7 nitrogen and oxygen atoms in total. The van der Waals surface area contributed by atoms with Crippen molar-refractivity contribution in [2.75, 3.05) is 10.0 Å². The Labute approximate surface area is 163 Å². The van der Waals surface area contributed by atoms with Gasteiger partial charge < -0.3 is 0 Å². The average Bonchev–Trinajstić information content (AvgIpc) is 3.06. The van der Waals surface area contributed by atoms with Crippen LogP contribution in [0.2, 0.25) is 10.0 Å². The van der Waals surface area contributed by atoms with Crippen LogP contribution in [0.25, 0.3) is 0 Å². The highest BCUT2D eigenvalue weighted by atomic mass is 35.5. The third-order valence-corrected chi connectivity index (χ3v) is 6.24. The highest BCUT2D eigenvalue weighted by Gasteiger charge is 2.21. The van der Waals surface area contributed by atoms with Crippen molar-refractivity contribution < 1.29 is 13.2 Å². The normalized spacial score (nSPS) is 11.2. The molecule has 0 saturated heterocycles. The van der Waals surface area contributed by atoms with Gasteiger partial charge in [0.1, 0.15) is 0 Å². The Balaban J connectivity index is 1.75. The molecular formula is C15H10Cl2N4O3S2. The summed E-state index contributed by atoms with van der Waals surface area (Å²) < 4.78 is 26.7. The lowest BCUT2D eigenvalue weighted by atomic mass is 10.2. The lowest BCUT2D eigenvalue weighted by molar-refractivity contribution is 0.102. The van der Waals surface area contributed by atoms with Crippen LogP contribution in [0.4, 0.5) is 10.8 Å². The monoisotopic (exact) mass is 428 g/mol. The third-order valence-electron chi connectivity index (χ3n) is 3.07. The Hall–Kier alpha value is -2.20. The second kappa shape index (κ2) is 7.58. The van der Waals surface area contributed by atoms with Gasteiger partial charge in [-0.05, 0) is 36.4 Å². The first-order valence-corrected chi connectivity index (χ1v) is 10.1. The largest absolute Gasteiger partial charge is 0.296 e. The summed E-state index contributed by atoms with van der Waals surface area (Å²) in [6.45, 7) is 0. The molecule has 2 N–H and O–H groups in total. The number of carbonyl (C=O) groups is 1. The van der Waals surface area contributed by atoms with Crippen molar-refractivity contribution in [2.45, 2.75) is 4.34 Å². The molecular weight excluding hydrogens is 419 g/mol. The minimum atomic E-state index is -3.94. The van der Waals surface area contributed by atoms with Crippen molar-refractivity contribution >= 4 is 61.3 Å². The fourth-order valence-corrected chi connectivity index (χ4v) is 4.20. The molecule has 1 aromatic heterocycles. The zero-order valence-electron chi connectivity index (χ0n) is 12.8. The van der Waals surface area contributed by atoms with E-state index >= 15 is 0 Å². The summed E-state index contributed by atoms with van der Waals surface area (Å²) in [6.07, 6.45) is 0. The minimum Gasteiger partial charge on any atom is -0.296 e. The Morgan fingerprint density at radius 2 is 1.69 bits per heavy atom. The van der Waals surface area contributed by atoms with Gasteiger partial charge in [-0.3, -0.25) is 14.8 Å². The van der Waals surface area contributed by atoms with E-state index in [1.165, 1.54) is 12.1 Å². The van der Waals surface area contributed by atoms with E-state index in [0.29, 0.717) is 10.7 Å². The van der Waals surface area contributed by atoms with Crippen LogP contribution in [-0.2, 0) is 10.0 Å². The van der Waals surface area contributed by atoms with Crippen LogP contribution in [0, 0.1) is 0 Å². The molecule has 0 fully saturated rings. The lowest BCUT2D eigenvalue weighted by Crippen LogP contribution is -2.12. The number of halogens is 2. The number of amides is 1. The minimum absolute atomic E-state index is 0.0337. The van der Waals surface area contributed by atoms with E-state index in [0.717, 1.165) is 11.3 Å². The molecule has 1 heterocycles. The lowest BCUT2D eigenvalue weighted by Gasteiger charge is -2.04. The van der Waals surface area contributed by atoms with Crippen molar-refractivity contribution in [3.05, 3.63) is 64.1 Å². The van der Waals surface area contributed by atoms with Gasteiger partial charge in [0.15, 0.2) is 0 Å². The van der Waals surface area contributed by atoms with E-state index in [9.17, 15) is 13.2 Å². The first-order chi connectivity index (χ1) is 12.3. The summed E-state index contributed by atoms with van der Waals surface area (Å²) in [5, 5.41) is 10.6. The van der Waals surface area contributed by atoms with Crippen molar-refractivity contribution in [3.63, 3.8) is 0 Å². The standard InChI is InChI=1S/C15H10Cl2N4O3S2/c16-9-5-7-10(8-6-9)21-26(23,24)15-20-19-14(25-15)18-13(22)11-3-1-2-4-12(11)17/h1-8,21H,(H,18,19,22). The quantitative estimate of drug-likeness (QED) is 0.600. The summed E-state index contributed by atoms with van der Waals surface area (Å²) >= 11 is 12.4. The average molecular weight is 429 g/mol. The number of nitrogens with one attached hydrogen (secondary N) is 2. The molecule has 3 aromatic rings. The molecule has 0 atom stereocenters. The van der Waals surface area contributed by atoms with E-state index in [1.807, 2.05) is 0 Å². The Bertz CT molecular complexity index is 1050. The number of rotatable bonds is 5. The smallest absolute Gasteiger partial charge is 0.291 e. The molecule has 3 rings (SSSR count). The van der Waals surface area contributed by atoms with Gasteiger partial charge in [0.2, 0.25) is 5.13 Å². The fraction of sp³-hybridized carbons (Fsp3) is 0. The topological polar surface area (TPSA) is 101 Å². The number of hydrogen-bond acceptors (Lipinski definition) is 6. The van der Waals surface area contributed by atoms with Crippen molar-refractivity contribution in [3.8, 4) is 0 Å². The molecule has 11 heteroatoms. The van der Waals surface area contributed by atoms with Crippen LogP contribution >= 0.6 is 34.5 Å². The second-order valence-electron chi connectivity index (χ2n) is 4.92. The SMILES string of the molecule is O=C(Nc1nnc(S(=O)(=O)Nc2ccc(Cl)cc2)s1)c1ccccc1Cl. The van der Waals surface area contributed by atoms with Gasteiger partial charge in [-0.2, -0.15) is 8.42 Å². The molecule has 0 aliphatic heterocycles. The van der Waals surface area contributed by atoms with E-state index in [4.69, 9.17) is 23.2 Å². The van der Waals surface area contributed by atoms with Gasteiger partial charge in [0.25, 0.3) is 20.3 Å². The number of carbonyl (C=O) groups excluding carboxylic acids is 1. The number of benzene rings is 2. The Morgan fingerprint density at radius 3 is 2.38 bits per heavy atom.